The summed E-state index contributed by atoms with van der Waals surface area (Å²) in [4.78, 5) is 14.9. The minimum atomic E-state index is -0.435. The number of hydrogen-bond donors (Lipinski definition) is 1. The lowest BCUT2D eigenvalue weighted by atomic mass is 10.0. The van der Waals surface area contributed by atoms with Gasteiger partial charge in [0.25, 0.3) is 0 Å². The average Bonchev–Trinajstić information content (AvgIpc) is 3.52. The number of aromatic nitrogens is 5. The third-order valence-electron chi connectivity index (χ3n) is 6.07. The summed E-state index contributed by atoms with van der Waals surface area (Å²) >= 11 is 0. The van der Waals surface area contributed by atoms with Crippen LogP contribution >= 0.6 is 0 Å². The molecular formula is C22H20F2N6O. The maximum Gasteiger partial charge on any atom is 0.168 e. The molecule has 2 aliphatic heterocycles. The van der Waals surface area contributed by atoms with Crippen LogP contribution in [0.2, 0.25) is 0 Å². The number of anilines is 1. The fourth-order valence-electron chi connectivity index (χ4n) is 4.56. The van der Waals surface area contributed by atoms with Crippen LogP contribution in [0.15, 0.2) is 36.7 Å². The van der Waals surface area contributed by atoms with Gasteiger partial charge in [-0.3, -0.25) is 0 Å². The molecule has 6 rings (SSSR count). The van der Waals surface area contributed by atoms with Crippen LogP contribution in [-0.2, 0) is 17.8 Å². The molecule has 9 heteroatoms. The van der Waals surface area contributed by atoms with E-state index in [1.807, 2.05) is 17.2 Å². The number of imidazole rings is 1. The summed E-state index contributed by atoms with van der Waals surface area (Å²) in [6, 6.07) is 5.23. The van der Waals surface area contributed by atoms with E-state index in [0.717, 1.165) is 48.8 Å². The Kier molecular flexibility index (Phi) is 4.24. The third-order valence-corrected chi connectivity index (χ3v) is 6.07. The molecule has 3 aromatic heterocycles. The Hall–Kier alpha value is -3.33. The van der Waals surface area contributed by atoms with Gasteiger partial charge in [-0.15, -0.1) is 0 Å². The van der Waals surface area contributed by atoms with E-state index in [4.69, 9.17) is 14.7 Å². The van der Waals surface area contributed by atoms with Crippen molar-refractivity contribution in [1.29, 1.82) is 0 Å². The molecule has 158 valence electrons. The molecule has 0 saturated carbocycles. The van der Waals surface area contributed by atoms with Crippen LogP contribution in [0.25, 0.3) is 17.0 Å². The first-order chi connectivity index (χ1) is 15.2. The fourth-order valence-corrected chi connectivity index (χ4v) is 4.56. The van der Waals surface area contributed by atoms with E-state index in [9.17, 15) is 8.78 Å². The average molecular weight is 422 g/mol. The summed E-state index contributed by atoms with van der Waals surface area (Å²) in [7, 11) is 0. The third kappa shape index (κ3) is 3.07. The second-order valence-electron chi connectivity index (χ2n) is 7.94. The molecule has 7 nitrogen and oxygen atoms in total. The Morgan fingerprint density at radius 2 is 2.10 bits per heavy atom. The molecular weight excluding hydrogens is 402 g/mol. The maximum absolute atomic E-state index is 14.5. The molecule has 0 aliphatic carbocycles. The lowest BCUT2D eigenvalue weighted by Gasteiger charge is -2.26. The molecule has 0 bridgehead atoms. The summed E-state index contributed by atoms with van der Waals surface area (Å²) in [6.07, 6.45) is 5.97. The number of hydrogen-bond acceptors (Lipinski definition) is 5. The van der Waals surface area contributed by atoms with E-state index in [0.29, 0.717) is 36.1 Å². The summed E-state index contributed by atoms with van der Waals surface area (Å²) in [6.45, 7) is 1.91. The monoisotopic (exact) mass is 422 g/mol. The zero-order chi connectivity index (χ0) is 20.9. The van der Waals surface area contributed by atoms with Crippen molar-refractivity contribution in [2.45, 2.75) is 31.9 Å². The van der Waals surface area contributed by atoms with Crippen molar-refractivity contribution in [2.24, 2.45) is 0 Å². The number of benzene rings is 1. The number of fused-ring (bicyclic) bond motifs is 2. The zero-order valence-electron chi connectivity index (χ0n) is 16.7. The van der Waals surface area contributed by atoms with Crippen molar-refractivity contribution in [1.82, 2.24) is 24.6 Å². The number of nitrogens with zero attached hydrogens (tertiary/aromatic N) is 5. The number of ether oxygens (including phenoxy) is 1. The summed E-state index contributed by atoms with van der Waals surface area (Å²) in [5.41, 5.74) is 3.82. The molecule has 0 spiro atoms. The van der Waals surface area contributed by atoms with Crippen molar-refractivity contribution in [3.05, 3.63) is 65.2 Å². The summed E-state index contributed by atoms with van der Waals surface area (Å²) in [5.74, 6) is 0.590. The first kappa shape index (κ1) is 18.4. The minimum absolute atomic E-state index is 0.259. The molecule has 1 N–H and O–H groups in total. The quantitative estimate of drug-likeness (QED) is 0.544. The van der Waals surface area contributed by atoms with Gasteiger partial charge in [0.2, 0.25) is 0 Å². The second-order valence-corrected chi connectivity index (χ2v) is 7.94. The van der Waals surface area contributed by atoms with E-state index >= 15 is 0 Å². The molecule has 0 unspecified atom stereocenters. The van der Waals surface area contributed by atoms with Gasteiger partial charge < -0.3 is 14.6 Å². The molecule has 1 saturated heterocycles. The van der Waals surface area contributed by atoms with Gasteiger partial charge in [-0.2, -0.15) is 5.10 Å². The number of H-pyrrole nitrogens is 1. The minimum Gasteiger partial charge on any atom is -0.375 e. The summed E-state index contributed by atoms with van der Waals surface area (Å²) < 4.78 is 35.5. The van der Waals surface area contributed by atoms with Crippen molar-refractivity contribution >= 4 is 11.5 Å². The molecule has 5 heterocycles. The van der Waals surface area contributed by atoms with Gasteiger partial charge in [-0.25, -0.2) is 23.3 Å². The predicted octanol–water partition coefficient (Wildman–Crippen LogP) is 3.81. The maximum atomic E-state index is 14.5. The van der Waals surface area contributed by atoms with Crippen LogP contribution in [-0.4, -0.2) is 37.7 Å². The van der Waals surface area contributed by atoms with Gasteiger partial charge >= 0.3 is 0 Å². The van der Waals surface area contributed by atoms with Crippen LogP contribution in [0, 0.1) is 11.6 Å². The highest BCUT2D eigenvalue weighted by Crippen LogP contribution is 2.37. The molecule has 1 atom stereocenters. The van der Waals surface area contributed by atoms with E-state index in [1.165, 1.54) is 12.1 Å². The van der Waals surface area contributed by atoms with Gasteiger partial charge in [-0.1, -0.05) is 0 Å². The first-order valence-electron chi connectivity index (χ1n) is 10.4. The molecule has 4 aromatic rings. The van der Waals surface area contributed by atoms with Crippen molar-refractivity contribution in [2.75, 3.05) is 18.1 Å². The summed E-state index contributed by atoms with van der Waals surface area (Å²) in [5, 5.41) is 4.41. The van der Waals surface area contributed by atoms with Gasteiger partial charge in [0.15, 0.2) is 5.65 Å². The number of halogens is 2. The molecule has 1 aromatic carbocycles. The van der Waals surface area contributed by atoms with Crippen LogP contribution in [0.1, 0.15) is 35.8 Å². The van der Waals surface area contributed by atoms with Crippen molar-refractivity contribution in [3.63, 3.8) is 0 Å². The van der Waals surface area contributed by atoms with Crippen molar-refractivity contribution < 1.29 is 13.5 Å². The standard InChI is InChI=1S/C22H20F2N6O/c23-13-3-4-16(24)14(10-13)19-2-1-7-29(19)20-5-8-30-22(28-20)15(11-25-30)21-26-17-6-9-31-12-18(17)27-21/h3-5,8,10-11,19H,1-2,6-7,9,12H2,(H,26,27)/t19-/m1/s1. The Bertz CT molecular complexity index is 1260. The van der Waals surface area contributed by atoms with Crippen LogP contribution in [0.3, 0.4) is 0 Å². The largest absolute Gasteiger partial charge is 0.375 e. The highest BCUT2D eigenvalue weighted by molar-refractivity contribution is 5.73. The van der Waals surface area contributed by atoms with Gasteiger partial charge in [0.1, 0.15) is 23.3 Å². The predicted molar refractivity (Wildman–Crippen MR) is 110 cm³/mol. The topological polar surface area (TPSA) is 71.3 Å². The van der Waals surface area contributed by atoms with Gasteiger partial charge in [0.05, 0.1) is 42.4 Å². The normalized spacial score (nSPS) is 18.6. The molecule has 31 heavy (non-hydrogen) atoms. The van der Waals surface area contributed by atoms with Crippen molar-refractivity contribution in [3.8, 4) is 11.4 Å². The van der Waals surface area contributed by atoms with Crippen LogP contribution < -0.4 is 4.90 Å². The lowest BCUT2D eigenvalue weighted by molar-refractivity contribution is 0.107. The van der Waals surface area contributed by atoms with E-state index in [2.05, 4.69) is 10.1 Å². The number of rotatable bonds is 3. The molecule has 0 amide bonds. The molecule has 1 fully saturated rings. The Morgan fingerprint density at radius 3 is 3.00 bits per heavy atom. The fraction of sp³-hybridized carbons (Fsp3) is 0.318. The van der Waals surface area contributed by atoms with Crippen LogP contribution in [0.4, 0.5) is 14.6 Å². The van der Waals surface area contributed by atoms with Crippen LogP contribution in [0.5, 0.6) is 0 Å². The molecule has 0 radical (unpaired) electrons. The smallest absolute Gasteiger partial charge is 0.168 e. The molecule has 2 aliphatic rings. The van der Waals surface area contributed by atoms with Gasteiger partial charge in [0, 0.05) is 24.7 Å². The van der Waals surface area contributed by atoms with E-state index < -0.39 is 11.6 Å². The highest BCUT2D eigenvalue weighted by atomic mass is 19.1. The van der Waals surface area contributed by atoms with E-state index in [1.54, 1.807) is 10.7 Å². The first-order valence-corrected chi connectivity index (χ1v) is 10.4. The highest BCUT2D eigenvalue weighted by Gasteiger charge is 2.30. The second kappa shape index (κ2) is 7.12. The van der Waals surface area contributed by atoms with Gasteiger partial charge in [-0.05, 0) is 37.1 Å². The Labute approximate surface area is 176 Å². The van der Waals surface area contributed by atoms with E-state index in [-0.39, 0.29) is 6.04 Å². The SMILES string of the molecule is Fc1ccc(F)c([C@H]2CCCN2c2ccn3ncc(-c4nc5c([nH]4)COCC5)c3n2)c1. The Balaban J connectivity index is 1.40. The lowest BCUT2D eigenvalue weighted by Crippen LogP contribution is -2.24. The zero-order valence-corrected chi connectivity index (χ0v) is 16.7. The Morgan fingerprint density at radius 1 is 1.16 bits per heavy atom. The number of nitrogens with one attached hydrogen (secondary N) is 1. The number of aromatic amines is 1.